The second-order valence-electron chi connectivity index (χ2n) is 5.68. The second-order valence-corrected chi connectivity index (χ2v) is 7.96. The van der Waals surface area contributed by atoms with Gasteiger partial charge in [0.1, 0.15) is 4.99 Å². The molecule has 0 saturated carbocycles. The van der Waals surface area contributed by atoms with Crippen LogP contribution >= 0.6 is 12.2 Å². The van der Waals surface area contributed by atoms with Gasteiger partial charge in [-0.15, -0.1) is 0 Å². The zero-order valence-electron chi connectivity index (χ0n) is 11.4. The largest absolute Gasteiger partial charge is 0.389 e. The number of nitrogens with one attached hydrogen (secondary N) is 1. The molecule has 106 valence electrons. The molecule has 0 radical (unpaired) electrons. The Kier molecular flexibility index (Phi) is 4.92. The summed E-state index contributed by atoms with van der Waals surface area (Å²) in [5.74, 6) is 0.0911. The van der Waals surface area contributed by atoms with Crippen molar-refractivity contribution >= 4 is 32.9 Å². The topological polar surface area (TPSA) is 72.2 Å². The summed E-state index contributed by atoms with van der Waals surface area (Å²) in [6.45, 7) is 6.03. The molecule has 0 amide bonds. The lowest BCUT2D eigenvalue weighted by Gasteiger charge is -2.18. The zero-order valence-corrected chi connectivity index (χ0v) is 13.1. The summed E-state index contributed by atoms with van der Waals surface area (Å²) >= 11 is 4.86. The van der Waals surface area contributed by atoms with E-state index < -0.39 is 10.0 Å². The lowest BCUT2D eigenvalue weighted by Crippen LogP contribution is -2.21. The van der Waals surface area contributed by atoms with Crippen molar-refractivity contribution in [2.45, 2.75) is 27.2 Å². The van der Waals surface area contributed by atoms with Gasteiger partial charge in [-0.2, -0.15) is 0 Å². The van der Waals surface area contributed by atoms with E-state index in [9.17, 15) is 8.42 Å². The van der Waals surface area contributed by atoms with E-state index in [0.717, 1.165) is 0 Å². The van der Waals surface area contributed by atoms with Crippen LogP contribution in [0.25, 0.3) is 0 Å². The third-order valence-electron chi connectivity index (χ3n) is 2.54. The quantitative estimate of drug-likeness (QED) is 0.820. The highest BCUT2D eigenvalue weighted by Crippen LogP contribution is 2.20. The first-order valence-electron chi connectivity index (χ1n) is 5.99. The molecule has 1 aromatic carbocycles. The maximum absolute atomic E-state index is 12.0. The highest BCUT2D eigenvalue weighted by atomic mass is 32.2. The van der Waals surface area contributed by atoms with Gasteiger partial charge in [0.2, 0.25) is 10.0 Å². The Bertz CT molecular complexity index is 560. The Morgan fingerprint density at radius 3 is 2.53 bits per heavy atom. The van der Waals surface area contributed by atoms with Crippen LogP contribution in [-0.4, -0.2) is 19.2 Å². The van der Waals surface area contributed by atoms with Crippen molar-refractivity contribution in [3.63, 3.8) is 0 Å². The van der Waals surface area contributed by atoms with Crippen LogP contribution in [0.2, 0.25) is 0 Å². The van der Waals surface area contributed by atoms with Crippen LogP contribution in [0.5, 0.6) is 0 Å². The van der Waals surface area contributed by atoms with Gasteiger partial charge in [0, 0.05) is 11.3 Å². The molecule has 1 rings (SSSR count). The third kappa shape index (κ3) is 6.02. The van der Waals surface area contributed by atoms with Gasteiger partial charge in [0.15, 0.2) is 0 Å². The maximum atomic E-state index is 12.0. The Morgan fingerprint density at radius 1 is 1.37 bits per heavy atom. The van der Waals surface area contributed by atoms with E-state index in [1.165, 1.54) is 0 Å². The monoisotopic (exact) mass is 300 g/mol. The minimum Gasteiger partial charge on any atom is -0.389 e. The number of hydrogen-bond donors (Lipinski definition) is 2. The summed E-state index contributed by atoms with van der Waals surface area (Å²) in [5, 5.41) is 0. The van der Waals surface area contributed by atoms with Crippen molar-refractivity contribution in [3.8, 4) is 0 Å². The third-order valence-corrected chi connectivity index (χ3v) is 4.07. The smallest absolute Gasteiger partial charge is 0.232 e. The Balaban J connectivity index is 2.78. The van der Waals surface area contributed by atoms with Crippen LogP contribution in [-0.2, 0) is 10.0 Å². The average Bonchev–Trinajstić information content (AvgIpc) is 2.25. The molecule has 0 aliphatic carbocycles. The molecule has 4 nitrogen and oxygen atoms in total. The summed E-state index contributed by atoms with van der Waals surface area (Å²) < 4.78 is 26.4. The standard InChI is InChI=1S/C13H20N2O2S2/c1-13(2,3)7-8-19(16,17)15-11-6-4-5-10(9-11)12(14)18/h4-6,9,15H,7-8H2,1-3H3,(H2,14,18). The fraction of sp³-hybridized carbons (Fsp3) is 0.462. The fourth-order valence-corrected chi connectivity index (χ4v) is 3.00. The number of rotatable bonds is 5. The molecule has 0 atom stereocenters. The van der Waals surface area contributed by atoms with Crippen LogP contribution < -0.4 is 10.5 Å². The average molecular weight is 300 g/mol. The van der Waals surface area contributed by atoms with Crippen molar-refractivity contribution in [1.82, 2.24) is 0 Å². The van der Waals surface area contributed by atoms with E-state index in [1.807, 2.05) is 20.8 Å². The normalized spacial score (nSPS) is 12.2. The Labute approximate surface area is 120 Å². The summed E-state index contributed by atoms with van der Waals surface area (Å²) in [6, 6.07) is 6.78. The molecule has 6 heteroatoms. The number of hydrogen-bond acceptors (Lipinski definition) is 3. The van der Waals surface area contributed by atoms with Gasteiger partial charge >= 0.3 is 0 Å². The van der Waals surface area contributed by atoms with Crippen molar-refractivity contribution < 1.29 is 8.42 Å². The maximum Gasteiger partial charge on any atom is 0.232 e. The predicted molar refractivity (Wildman–Crippen MR) is 83.8 cm³/mol. The molecule has 0 aromatic heterocycles. The van der Waals surface area contributed by atoms with E-state index in [1.54, 1.807) is 24.3 Å². The van der Waals surface area contributed by atoms with Gasteiger partial charge in [-0.25, -0.2) is 8.42 Å². The summed E-state index contributed by atoms with van der Waals surface area (Å²) in [4.78, 5) is 0.246. The van der Waals surface area contributed by atoms with Gasteiger partial charge < -0.3 is 5.73 Å². The molecule has 0 bridgehead atoms. The van der Waals surface area contributed by atoms with Crippen LogP contribution in [0.3, 0.4) is 0 Å². The molecule has 0 fully saturated rings. The van der Waals surface area contributed by atoms with Crippen molar-refractivity contribution in [3.05, 3.63) is 29.8 Å². The van der Waals surface area contributed by atoms with Crippen molar-refractivity contribution in [2.24, 2.45) is 11.1 Å². The molecule has 0 saturated heterocycles. The minimum atomic E-state index is -3.34. The Morgan fingerprint density at radius 2 is 2.00 bits per heavy atom. The number of benzene rings is 1. The molecule has 0 aliphatic heterocycles. The van der Waals surface area contributed by atoms with Crippen molar-refractivity contribution in [2.75, 3.05) is 10.5 Å². The minimum absolute atomic E-state index is 0.0184. The first-order chi connectivity index (χ1) is 8.59. The first kappa shape index (κ1) is 15.9. The van der Waals surface area contributed by atoms with E-state index in [2.05, 4.69) is 4.72 Å². The van der Waals surface area contributed by atoms with Gasteiger partial charge in [-0.05, 0) is 24.0 Å². The van der Waals surface area contributed by atoms with Crippen LogP contribution in [0.4, 0.5) is 5.69 Å². The van der Waals surface area contributed by atoms with Crippen LogP contribution in [0.15, 0.2) is 24.3 Å². The van der Waals surface area contributed by atoms with Gasteiger partial charge in [0.05, 0.1) is 5.75 Å². The van der Waals surface area contributed by atoms with Crippen LogP contribution in [0.1, 0.15) is 32.8 Å². The molecular weight excluding hydrogens is 280 g/mol. The molecule has 0 aliphatic rings. The molecular formula is C13H20N2O2S2. The van der Waals surface area contributed by atoms with E-state index >= 15 is 0 Å². The van der Waals surface area contributed by atoms with Crippen LogP contribution in [0, 0.1) is 5.41 Å². The number of anilines is 1. The number of sulfonamides is 1. The van der Waals surface area contributed by atoms with Gasteiger partial charge in [-0.3, -0.25) is 4.72 Å². The van der Waals surface area contributed by atoms with Gasteiger partial charge in [0.25, 0.3) is 0 Å². The molecule has 0 heterocycles. The fourth-order valence-electron chi connectivity index (χ4n) is 1.41. The van der Waals surface area contributed by atoms with E-state index in [0.29, 0.717) is 17.7 Å². The van der Waals surface area contributed by atoms with E-state index in [-0.39, 0.29) is 16.2 Å². The molecule has 3 N–H and O–H groups in total. The molecule has 0 spiro atoms. The van der Waals surface area contributed by atoms with E-state index in [4.69, 9.17) is 18.0 Å². The lowest BCUT2D eigenvalue weighted by atomic mass is 9.94. The number of thiocarbonyl (C=S) groups is 1. The SMILES string of the molecule is CC(C)(C)CCS(=O)(=O)Nc1cccc(C(N)=S)c1. The summed E-state index contributed by atoms with van der Waals surface area (Å²) in [7, 11) is -3.34. The second kappa shape index (κ2) is 5.88. The zero-order chi connectivity index (χ0) is 14.7. The highest BCUT2D eigenvalue weighted by molar-refractivity contribution is 7.92. The Hall–Kier alpha value is -1.14. The first-order valence-corrected chi connectivity index (χ1v) is 8.05. The van der Waals surface area contributed by atoms with Gasteiger partial charge in [-0.1, -0.05) is 45.1 Å². The molecule has 1 aromatic rings. The molecule has 19 heavy (non-hydrogen) atoms. The summed E-state index contributed by atoms with van der Waals surface area (Å²) in [5.41, 5.74) is 6.63. The predicted octanol–water partition coefficient (Wildman–Crippen LogP) is 2.50. The number of nitrogens with two attached hydrogens (primary N) is 1. The molecule has 0 unspecified atom stereocenters. The highest BCUT2D eigenvalue weighted by Gasteiger charge is 2.17. The summed E-state index contributed by atoms with van der Waals surface area (Å²) in [6.07, 6.45) is 0.595. The van der Waals surface area contributed by atoms with Crippen molar-refractivity contribution in [1.29, 1.82) is 0 Å². The lowest BCUT2D eigenvalue weighted by molar-refractivity contribution is 0.397.